The van der Waals surface area contributed by atoms with Crippen LogP contribution in [0.5, 0.6) is 0 Å². The standard InChI is InChI=1S/C39H70NO7P/c1-2-3-4-5-6-7-8-9-10-11-12-13-14-15-16-17-18-19-20-21-22-23-24-25-26-27-28-29-30-31-32-33-39(42)45-36-38(41)37-47-48(43,44)46-35-34-40/h3-4,6-7,9-10,12-13,15-16,38,41H,2,5,8,11,14,17-37,40H2,1H3,(H,43,44)/b4-3-,7-6-,10-9-,13-12-,16-15-. The Balaban J connectivity index is 3.39. The number of nitrogens with two attached hydrogens (primary N) is 1. The van der Waals surface area contributed by atoms with Crippen LogP contribution in [0.1, 0.15) is 148 Å². The molecule has 0 radical (unpaired) electrons. The number of aliphatic hydroxyl groups excluding tert-OH is 1. The second-order valence-electron chi connectivity index (χ2n) is 12.3. The van der Waals surface area contributed by atoms with Crippen molar-refractivity contribution in [2.24, 2.45) is 5.73 Å². The van der Waals surface area contributed by atoms with Crippen LogP contribution in [0.15, 0.2) is 60.8 Å². The van der Waals surface area contributed by atoms with E-state index in [0.717, 1.165) is 51.4 Å². The van der Waals surface area contributed by atoms with Gasteiger partial charge in [-0.15, -0.1) is 0 Å². The second-order valence-corrected chi connectivity index (χ2v) is 13.7. The first-order chi connectivity index (χ1) is 23.4. The Morgan fingerprint density at radius 3 is 1.50 bits per heavy atom. The van der Waals surface area contributed by atoms with E-state index in [9.17, 15) is 19.4 Å². The van der Waals surface area contributed by atoms with Gasteiger partial charge >= 0.3 is 13.8 Å². The van der Waals surface area contributed by atoms with E-state index in [4.69, 9.17) is 10.5 Å². The molecule has 0 saturated carbocycles. The van der Waals surface area contributed by atoms with Crippen molar-refractivity contribution in [2.45, 2.75) is 154 Å². The van der Waals surface area contributed by atoms with Gasteiger partial charge in [0.15, 0.2) is 0 Å². The monoisotopic (exact) mass is 695 g/mol. The minimum atomic E-state index is -4.25. The second kappa shape index (κ2) is 36.5. The number of phosphoric acid groups is 1. The smallest absolute Gasteiger partial charge is 0.463 e. The van der Waals surface area contributed by atoms with E-state index in [2.05, 4.69) is 76.7 Å². The molecule has 278 valence electrons. The molecule has 0 aromatic heterocycles. The summed E-state index contributed by atoms with van der Waals surface area (Å²) < 4.78 is 25.7. The maximum absolute atomic E-state index is 11.8. The zero-order valence-corrected chi connectivity index (χ0v) is 31.1. The molecular formula is C39H70NO7P. The number of hydrogen-bond donors (Lipinski definition) is 3. The highest BCUT2D eigenvalue weighted by Crippen LogP contribution is 2.42. The lowest BCUT2D eigenvalue weighted by Gasteiger charge is -2.15. The van der Waals surface area contributed by atoms with E-state index in [-0.39, 0.29) is 25.7 Å². The SMILES string of the molecule is CC/C=C\C/C=C\C/C=C\C/C=C\C/C=C\CCCCCCCCCCCCCCCCCC(=O)OCC(O)COP(=O)(O)OCCN. The molecule has 0 spiro atoms. The van der Waals surface area contributed by atoms with Crippen LogP contribution >= 0.6 is 7.82 Å². The molecule has 0 aliphatic heterocycles. The van der Waals surface area contributed by atoms with Gasteiger partial charge < -0.3 is 20.5 Å². The summed E-state index contributed by atoms with van der Waals surface area (Å²) in [6.07, 6.45) is 46.7. The van der Waals surface area contributed by atoms with Gasteiger partial charge in [0.2, 0.25) is 0 Å². The number of unbranched alkanes of at least 4 members (excludes halogenated alkanes) is 15. The molecule has 2 unspecified atom stereocenters. The third-order valence-electron chi connectivity index (χ3n) is 7.65. The van der Waals surface area contributed by atoms with Crippen LogP contribution in [0.3, 0.4) is 0 Å². The van der Waals surface area contributed by atoms with Gasteiger partial charge in [-0.3, -0.25) is 13.8 Å². The highest BCUT2D eigenvalue weighted by atomic mass is 31.2. The summed E-state index contributed by atoms with van der Waals surface area (Å²) in [7, 11) is -4.25. The molecule has 0 aromatic rings. The minimum Gasteiger partial charge on any atom is -0.463 e. The quantitative estimate of drug-likeness (QED) is 0.0259. The molecule has 2 atom stereocenters. The van der Waals surface area contributed by atoms with E-state index in [1.165, 1.54) is 83.5 Å². The highest BCUT2D eigenvalue weighted by Gasteiger charge is 2.22. The molecule has 8 nitrogen and oxygen atoms in total. The molecule has 0 aromatic carbocycles. The van der Waals surface area contributed by atoms with Gasteiger partial charge in [0, 0.05) is 13.0 Å². The number of rotatable bonds is 35. The Kier molecular flexibility index (Phi) is 35.1. The number of phosphoric ester groups is 1. The van der Waals surface area contributed by atoms with Crippen LogP contribution in [0, 0.1) is 0 Å². The number of esters is 1. The lowest BCUT2D eigenvalue weighted by Crippen LogP contribution is -2.23. The average molecular weight is 696 g/mol. The summed E-state index contributed by atoms with van der Waals surface area (Å²) in [4.78, 5) is 21.2. The van der Waals surface area contributed by atoms with E-state index in [1.807, 2.05) is 0 Å². The van der Waals surface area contributed by atoms with Gasteiger partial charge in [-0.1, -0.05) is 151 Å². The topological polar surface area (TPSA) is 128 Å². The van der Waals surface area contributed by atoms with Crippen molar-refractivity contribution in [3.8, 4) is 0 Å². The van der Waals surface area contributed by atoms with Crippen molar-refractivity contribution in [1.29, 1.82) is 0 Å². The van der Waals surface area contributed by atoms with Crippen molar-refractivity contribution in [2.75, 3.05) is 26.4 Å². The number of ether oxygens (including phenoxy) is 1. The molecule has 0 heterocycles. The molecule has 0 aliphatic rings. The third-order valence-corrected chi connectivity index (χ3v) is 8.63. The predicted molar refractivity (Wildman–Crippen MR) is 201 cm³/mol. The Morgan fingerprint density at radius 2 is 1.04 bits per heavy atom. The first kappa shape index (κ1) is 46.2. The van der Waals surface area contributed by atoms with Crippen LogP contribution in [0.2, 0.25) is 0 Å². The maximum Gasteiger partial charge on any atom is 0.472 e. The summed E-state index contributed by atoms with van der Waals surface area (Å²) in [5.41, 5.74) is 5.20. The molecular weight excluding hydrogens is 625 g/mol. The van der Waals surface area contributed by atoms with Crippen LogP contribution in [0.25, 0.3) is 0 Å². The summed E-state index contributed by atoms with van der Waals surface area (Å²) in [5.74, 6) is -0.387. The Labute approximate surface area is 293 Å². The molecule has 0 saturated heterocycles. The van der Waals surface area contributed by atoms with Gasteiger partial charge in [-0.05, 0) is 51.4 Å². The summed E-state index contributed by atoms with van der Waals surface area (Å²) in [6.45, 7) is 1.34. The maximum atomic E-state index is 11.8. The Morgan fingerprint density at radius 1 is 0.625 bits per heavy atom. The predicted octanol–water partition coefficient (Wildman–Crippen LogP) is 10.4. The molecule has 0 fully saturated rings. The minimum absolute atomic E-state index is 0.0728. The molecule has 0 bridgehead atoms. The number of hydrogen-bond acceptors (Lipinski definition) is 7. The molecule has 9 heteroatoms. The number of carbonyl (C=O) groups excluding carboxylic acids is 1. The van der Waals surface area contributed by atoms with E-state index in [1.54, 1.807) is 0 Å². The molecule has 0 rings (SSSR count). The van der Waals surface area contributed by atoms with E-state index >= 15 is 0 Å². The Hall–Kier alpha value is -1.80. The van der Waals surface area contributed by atoms with Gasteiger partial charge in [0.25, 0.3) is 0 Å². The van der Waals surface area contributed by atoms with Crippen LogP contribution in [0.4, 0.5) is 0 Å². The fraction of sp³-hybridized carbons (Fsp3) is 0.718. The molecule has 4 N–H and O–H groups in total. The summed E-state index contributed by atoms with van der Waals surface area (Å²) in [5, 5.41) is 9.75. The zero-order valence-electron chi connectivity index (χ0n) is 30.2. The van der Waals surface area contributed by atoms with Crippen LogP contribution in [-0.4, -0.2) is 48.4 Å². The van der Waals surface area contributed by atoms with Gasteiger partial charge in [0.1, 0.15) is 12.7 Å². The summed E-state index contributed by atoms with van der Waals surface area (Å²) >= 11 is 0. The van der Waals surface area contributed by atoms with Gasteiger partial charge in [-0.2, -0.15) is 0 Å². The molecule has 0 amide bonds. The number of allylic oxidation sites excluding steroid dienone is 10. The fourth-order valence-electron chi connectivity index (χ4n) is 4.89. The first-order valence-electron chi connectivity index (χ1n) is 18.8. The van der Waals surface area contributed by atoms with Crippen LogP contribution in [-0.2, 0) is 23.1 Å². The highest BCUT2D eigenvalue weighted by molar-refractivity contribution is 7.47. The van der Waals surface area contributed by atoms with Gasteiger partial charge in [-0.25, -0.2) is 4.57 Å². The van der Waals surface area contributed by atoms with E-state index in [0.29, 0.717) is 6.42 Å². The van der Waals surface area contributed by atoms with E-state index < -0.39 is 20.5 Å². The largest absolute Gasteiger partial charge is 0.472 e. The van der Waals surface area contributed by atoms with Crippen molar-refractivity contribution < 1.29 is 33.1 Å². The summed E-state index contributed by atoms with van der Waals surface area (Å²) in [6, 6.07) is 0. The lowest BCUT2D eigenvalue weighted by molar-refractivity contribution is -0.147. The number of carbonyl (C=O) groups is 1. The fourth-order valence-corrected chi connectivity index (χ4v) is 5.66. The number of aliphatic hydroxyl groups is 1. The van der Waals surface area contributed by atoms with Crippen molar-refractivity contribution in [1.82, 2.24) is 0 Å². The molecule has 48 heavy (non-hydrogen) atoms. The van der Waals surface area contributed by atoms with Crippen LogP contribution < -0.4 is 5.73 Å². The third kappa shape index (κ3) is 37.0. The Bertz CT molecular complexity index is 916. The van der Waals surface area contributed by atoms with Crippen molar-refractivity contribution in [3.05, 3.63) is 60.8 Å². The lowest BCUT2D eigenvalue weighted by atomic mass is 10.0. The zero-order chi connectivity index (χ0) is 35.2. The average Bonchev–Trinajstić information content (AvgIpc) is 3.08. The first-order valence-corrected chi connectivity index (χ1v) is 20.3. The van der Waals surface area contributed by atoms with Crippen molar-refractivity contribution in [3.63, 3.8) is 0 Å². The van der Waals surface area contributed by atoms with Crippen molar-refractivity contribution >= 4 is 13.8 Å². The molecule has 0 aliphatic carbocycles. The normalized spacial score (nSPS) is 14.3. The van der Waals surface area contributed by atoms with Gasteiger partial charge in [0.05, 0.1) is 13.2 Å².